The first kappa shape index (κ1) is 66.1. The molecule has 0 N–H and O–H groups in total. The largest absolute Gasteiger partial charge is 0.465 e. The number of hydrogen-bond acceptors (Lipinski definition) is 15. The van der Waals surface area contributed by atoms with Gasteiger partial charge in [0.2, 0.25) is 0 Å². The summed E-state index contributed by atoms with van der Waals surface area (Å²) in [5.41, 5.74) is 0. The van der Waals surface area contributed by atoms with E-state index in [1.54, 1.807) is 0 Å². The Hall–Kier alpha value is -3.95. The van der Waals surface area contributed by atoms with E-state index in [4.69, 9.17) is 33.2 Å². The van der Waals surface area contributed by atoms with Crippen molar-refractivity contribution in [1.29, 1.82) is 0 Å². The third kappa shape index (κ3) is 37.7. The predicted molar refractivity (Wildman–Crippen MR) is 278 cm³/mol. The number of nitrogens with zero attached hydrogens (tertiary/aromatic N) is 2. The number of ether oxygens (including phenoxy) is 7. The van der Waals surface area contributed by atoms with Crippen LogP contribution in [0.15, 0.2) is 0 Å². The van der Waals surface area contributed by atoms with E-state index in [0.717, 1.165) is 128 Å². The molecule has 1 aliphatic heterocycles. The zero-order valence-corrected chi connectivity index (χ0v) is 46.0. The van der Waals surface area contributed by atoms with E-state index in [1.807, 2.05) is 19.0 Å². The first-order valence-corrected chi connectivity index (χ1v) is 28.4. The van der Waals surface area contributed by atoms with Crippen molar-refractivity contribution in [2.45, 2.75) is 239 Å². The molecule has 0 bridgehead atoms. The molecule has 1 rings (SSSR count). The van der Waals surface area contributed by atoms with Gasteiger partial charge in [-0.2, -0.15) is 0 Å². The Morgan fingerprint density at radius 3 is 1.00 bits per heavy atom. The Bertz CT molecular complexity index is 1300. The van der Waals surface area contributed by atoms with Gasteiger partial charge >= 0.3 is 41.9 Å². The van der Waals surface area contributed by atoms with E-state index < -0.39 is 42.1 Å². The van der Waals surface area contributed by atoms with Crippen molar-refractivity contribution >= 4 is 41.9 Å². The number of unbranched alkanes of at least 4 members (excludes halogenated alkanes) is 20. The van der Waals surface area contributed by atoms with Crippen LogP contribution in [-0.2, 0) is 61.9 Å². The third-order valence-corrected chi connectivity index (χ3v) is 12.8. The van der Waals surface area contributed by atoms with Crippen LogP contribution in [0, 0.1) is 11.8 Å². The fraction of sp³-hybridized carbons (Fsp3) is 0.875. The van der Waals surface area contributed by atoms with Crippen LogP contribution in [-0.4, -0.2) is 131 Å². The molecule has 0 aromatic heterocycles. The van der Waals surface area contributed by atoms with Crippen molar-refractivity contribution in [2.75, 3.05) is 66.8 Å². The second-order valence-electron chi connectivity index (χ2n) is 20.2. The number of hydrogen-bond donors (Lipinski definition) is 0. The highest BCUT2D eigenvalue weighted by molar-refractivity contribution is 5.73. The van der Waals surface area contributed by atoms with Crippen LogP contribution in [0.2, 0.25) is 0 Å². The molecule has 0 radical (unpaired) electrons. The summed E-state index contributed by atoms with van der Waals surface area (Å²) in [4.78, 5) is 94.8. The lowest BCUT2D eigenvalue weighted by Gasteiger charge is -2.36. The molecular formula is C56H100N2O14. The molecule has 418 valence electrons. The fourth-order valence-electron chi connectivity index (χ4n) is 8.34. The smallest absolute Gasteiger partial charge is 0.410 e. The van der Waals surface area contributed by atoms with Crippen molar-refractivity contribution in [3.05, 3.63) is 0 Å². The Morgan fingerprint density at radius 1 is 0.417 bits per heavy atom. The van der Waals surface area contributed by atoms with Crippen LogP contribution in [0.3, 0.4) is 0 Å². The summed E-state index contributed by atoms with van der Waals surface area (Å²) in [5, 5.41) is 0. The average Bonchev–Trinajstić information content (AvgIpc) is 3.34. The van der Waals surface area contributed by atoms with Gasteiger partial charge < -0.3 is 43.0 Å². The van der Waals surface area contributed by atoms with Crippen LogP contribution in [0.4, 0.5) is 4.79 Å². The van der Waals surface area contributed by atoms with Crippen molar-refractivity contribution in [3.8, 4) is 0 Å². The Morgan fingerprint density at radius 2 is 0.708 bits per heavy atom. The topological polar surface area (TPSA) is 191 Å². The molecule has 72 heavy (non-hydrogen) atoms. The van der Waals surface area contributed by atoms with Gasteiger partial charge in [-0.1, -0.05) is 156 Å². The van der Waals surface area contributed by atoms with E-state index in [0.29, 0.717) is 32.2 Å². The number of carbonyl (C=O) groups excluding carboxylic acids is 7. The molecule has 16 nitrogen and oxygen atoms in total. The molecule has 1 amide bonds. The molecule has 0 spiro atoms. The minimum absolute atomic E-state index is 0.0303. The fourth-order valence-corrected chi connectivity index (χ4v) is 8.34. The molecule has 1 fully saturated rings. The summed E-state index contributed by atoms with van der Waals surface area (Å²) in [6.07, 6.45) is 22.4. The van der Waals surface area contributed by atoms with E-state index in [9.17, 15) is 33.6 Å². The monoisotopic (exact) mass is 1020 g/mol. The maximum Gasteiger partial charge on any atom is 0.410 e. The zero-order valence-electron chi connectivity index (χ0n) is 46.0. The Labute approximate surface area is 434 Å². The zero-order chi connectivity index (χ0) is 53.0. The average molecular weight is 1030 g/mol. The lowest BCUT2D eigenvalue weighted by atomic mass is 10.0. The van der Waals surface area contributed by atoms with Crippen molar-refractivity contribution in [3.63, 3.8) is 0 Å². The van der Waals surface area contributed by atoms with E-state index in [2.05, 4.69) is 27.7 Å². The first-order valence-electron chi connectivity index (χ1n) is 28.4. The van der Waals surface area contributed by atoms with Gasteiger partial charge in [-0.3, -0.25) is 28.8 Å². The lowest BCUT2D eigenvalue weighted by molar-refractivity contribution is -0.166. The predicted octanol–water partition coefficient (Wildman–Crippen LogP) is 11.4. The van der Waals surface area contributed by atoms with Crippen molar-refractivity contribution in [2.24, 2.45) is 11.8 Å². The van der Waals surface area contributed by atoms with Crippen LogP contribution < -0.4 is 0 Å². The maximum atomic E-state index is 13.7. The molecule has 1 saturated heterocycles. The summed E-state index contributed by atoms with van der Waals surface area (Å²) < 4.78 is 39.8. The number of rotatable bonds is 45. The van der Waals surface area contributed by atoms with Gasteiger partial charge in [0.05, 0.1) is 52.4 Å². The second-order valence-corrected chi connectivity index (χ2v) is 20.2. The molecule has 0 aromatic rings. The molecule has 0 aromatic carbocycles. The maximum absolute atomic E-state index is 13.7. The molecule has 16 heteroatoms. The highest BCUT2D eigenvalue weighted by atomic mass is 16.6. The van der Waals surface area contributed by atoms with Crippen LogP contribution in [0.5, 0.6) is 0 Å². The molecule has 2 atom stereocenters. The van der Waals surface area contributed by atoms with Gasteiger partial charge in [-0.05, 0) is 39.8 Å². The normalized spacial score (nSPS) is 14.6. The molecule has 0 aliphatic carbocycles. The molecule has 1 heterocycles. The molecular weight excluding hydrogens is 925 g/mol. The van der Waals surface area contributed by atoms with E-state index >= 15 is 0 Å². The lowest BCUT2D eigenvalue weighted by Crippen LogP contribution is -2.51. The highest BCUT2D eigenvalue weighted by Gasteiger charge is 2.36. The van der Waals surface area contributed by atoms with Gasteiger partial charge in [0.15, 0.2) is 0 Å². The number of likely N-dealkylation sites (tertiary alicyclic amines) is 1. The van der Waals surface area contributed by atoms with Crippen molar-refractivity contribution < 1.29 is 66.7 Å². The first-order chi connectivity index (χ1) is 34.8. The quantitative estimate of drug-likeness (QED) is 0.0318. The van der Waals surface area contributed by atoms with E-state index in [1.165, 1.54) is 4.90 Å². The van der Waals surface area contributed by atoms with Crippen molar-refractivity contribution in [1.82, 2.24) is 9.80 Å². The van der Waals surface area contributed by atoms with Gasteiger partial charge in [0.1, 0.15) is 18.8 Å². The molecule has 1 aliphatic rings. The van der Waals surface area contributed by atoms with Crippen LogP contribution >= 0.6 is 0 Å². The van der Waals surface area contributed by atoms with E-state index in [-0.39, 0.29) is 115 Å². The Balaban J connectivity index is 3.10. The number of likely N-dealkylation sites (N-methyl/N-ethyl adjacent to an activating group) is 1. The minimum atomic E-state index is -0.904. The van der Waals surface area contributed by atoms with Crippen LogP contribution in [0.1, 0.15) is 227 Å². The van der Waals surface area contributed by atoms with Gasteiger partial charge in [-0.25, -0.2) is 4.79 Å². The summed E-state index contributed by atoms with van der Waals surface area (Å²) >= 11 is 0. The third-order valence-electron chi connectivity index (χ3n) is 12.8. The van der Waals surface area contributed by atoms with Gasteiger partial charge in [0, 0.05) is 50.5 Å². The van der Waals surface area contributed by atoms with Gasteiger partial charge in [-0.15, -0.1) is 0 Å². The number of esters is 6. The summed E-state index contributed by atoms with van der Waals surface area (Å²) in [6, 6.07) is 0. The molecule has 0 saturated carbocycles. The summed E-state index contributed by atoms with van der Waals surface area (Å²) in [7, 11) is 3.70. The second kappa shape index (κ2) is 44.5. The van der Waals surface area contributed by atoms with Crippen LogP contribution in [0.25, 0.3) is 0 Å². The Kier molecular flexibility index (Phi) is 40.9. The summed E-state index contributed by atoms with van der Waals surface area (Å²) in [5.74, 6) is -4.24. The molecule has 0 unspecified atom stereocenters. The number of piperidine rings is 1. The number of carbonyl (C=O) groups is 7. The SMILES string of the molecule is CCCCCCCCC(=O)OCC(COC(=O)CCCCCCCC)CC(=O)O[C@@H]1C[C@@H](OC(=O)CC(COC(=O)CCCCCCCC)COC(=O)CCCCCCCC)CN(C(=O)OCCN(C)C)C1. The standard InChI is InChI=1S/C56H100N2O14/c1-7-11-15-19-23-27-31-50(59)67-42-46(43-68-51(60)32-28-24-20-16-12-8-2)37-54(63)71-48-39-49(41-58(40-48)56(65)66-36-35-57(5)6)72-55(64)38-47(44-69-52(61)33-29-25-21-17-13-9-3)45-70-53(62)34-30-26-22-18-14-10-4/h46-49H,7-45H2,1-6H3/t48-,49-/m1/s1. The van der Waals surface area contributed by atoms with Gasteiger partial charge in [0.25, 0.3) is 0 Å². The highest BCUT2D eigenvalue weighted by Crippen LogP contribution is 2.22. The minimum Gasteiger partial charge on any atom is -0.465 e. The number of amides is 1. The summed E-state index contributed by atoms with van der Waals surface area (Å²) in [6.45, 7) is 8.53.